The highest BCUT2D eigenvalue weighted by Crippen LogP contribution is 2.42. The van der Waals surface area contributed by atoms with Crippen LogP contribution >= 0.6 is 0 Å². The Bertz CT molecular complexity index is 2980. The minimum absolute atomic E-state index is 0.151. The number of nitrogens with zero attached hydrogens (tertiary/aromatic N) is 2. The first-order valence-electron chi connectivity index (χ1n) is 18.4. The number of aromatic nitrogens is 2. The van der Waals surface area contributed by atoms with Gasteiger partial charge < -0.3 is 18.5 Å². The minimum Gasteiger partial charge on any atom is -0.494 e. The van der Waals surface area contributed by atoms with Gasteiger partial charge in [0.1, 0.15) is 22.5 Å². The van der Waals surface area contributed by atoms with E-state index in [0.29, 0.717) is 0 Å². The summed E-state index contributed by atoms with van der Waals surface area (Å²) in [6.07, 6.45) is 16.7. The van der Waals surface area contributed by atoms with Gasteiger partial charge in [0.25, 0.3) is 0 Å². The van der Waals surface area contributed by atoms with E-state index in [4.69, 9.17) is 8.83 Å². The molecule has 2 aliphatic rings. The quantitative estimate of drug-likeness (QED) is 0.178. The van der Waals surface area contributed by atoms with E-state index in [1.807, 2.05) is 22.8 Å². The largest absolute Gasteiger partial charge is 0.494 e. The lowest BCUT2D eigenvalue weighted by atomic mass is 9.98. The van der Waals surface area contributed by atoms with Crippen LogP contribution in [0.4, 0.5) is 0 Å². The van der Waals surface area contributed by atoms with Crippen molar-refractivity contribution in [1.82, 2.24) is 9.13 Å². The van der Waals surface area contributed by atoms with Crippen LogP contribution in [-0.4, -0.2) is 14.2 Å². The molecule has 4 heterocycles. The van der Waals surface area contributed by atoms with Crippen LogP contribution in [0, 0.1) is 0 Å². The van der Waals surface area contributed by atoms with Gasteiger partial charge in [-0.25, -0.2) is 0 Å². The van der Waals surface area contributed by atoms with Crippen molar-refractivity contribution in [2.45, 2.75) is 44.6 Å². The Morgan fingerprint density at radius 3 is 2.33 bits per heavy atom. The number of aliphatic hydroxyl groups is 1. The average Bonchev–Trinajstić information content (AvgIpc) is 3.92. The van der Waals surface area contributed by atoms with Crippen LogP contribution in [0.2, 0.25) is 0 Å². The van der Waals surface area contributed by atoms with E-state index in [9.17, 15) is 5.11 Å². The third kappa shape index (κ3) is 4.42. The highest BCUT2D eigenvalue weighted by molar-refractivity contribution is 6.17. The number of hydrogen-bond acceptors (Lipinski definition) is 3. The molecule has 0 bridgehead atoms. The molecule has 0 fully saturated rings. The number of rotatable bonds is 6. The molecule has 1 N–H and O–H groups in total. The number of hydrogen-bond donors (Lipinski definition) is 1. The standard InChI is InChI=1S/C47H36N2O3/c50-47(49-40-19-9-5-15-32(40)36-26-38-34-17-7-11-21-44(34)52-46(38)28-42(36)49)24-30(23-22-29-12-2-1-3-13-29)48-39-18-8-4-14-31(39)35-25-37-33-16-6-10-20-43(33)51-45(37)27-41(35)48/h1-3,5-9,11-13,15-19,21,24-28,30,50H,4,10,14,20,22-23H2/b47-24-. The summed E-state index contributed by atoms with van der Waals surface area (Å²) in [7, 11) is 0. The van der Waals surface area contributed by atoms with Crippen LogP contribution < -0.4 is 0 Å². The van der Waals surface area contributed by atoms with Gasteiger partial charge in [0.05, 0.1) is 22.6 Å². The van der Waals surface area contributed by atoms with Crippen LogP contribution in [0.15, 0.2) is 130 Å². The molecular weight excluding hydrogens is 641 g/mol. The van der Waals surface area contributed by atoms with Gasteiger partial charge in [0.2, 0.25) is 0 Å². The molecule has 52 heavy (non-hydrogen) atoms. The fourth-order valence-corrected chi connectivity index (χ4v) is 8.99. The molecule has 4 aromatic heterocycles. The lowest BCUT2D eigenvalue weighted by molar-refractivity contribution is 0.463. The maximum Gasteiger partial charge on any atom is 0.194 e. The number of aryl methyl sites for hydroxylation is 3. The van der Waals surface area contributed by atoms with Gasteiger partial charge in [-0.2, -0.15) is 0 Å². The first kappa shape index (κ1) is 29.5. The number of para-hydroxylation sites is 2. The van der Waals surface area contributed by atoms with Crippen molar-refractivity contribution in [3.8, 4) is 0 Å². The zero-order valence-electron chi connectivity index (χ0n) is 28.7. The zero-order chi connectivity index (χ0) is 34.3. The van der Waals surface area contributed by atoms with Crippen molar-refractivity contribution < 1.29 is 13.9 Å². The van der Waals surface area contributed by atoms with E-state index in [2.05, 4.69) is 120 Å². The van der Waals surface area contributed by atoms with Gasteiger partial charge in [-0.15, -0.1) is 0 Å². The number of allylic oxidation sites excluding steroid dienone is 3. The Morgan fingerprint density at radius 2 is 1.40 bits per heavy atom. The molecule has 5 nitrogen and oxygen atoms in total. The van der Waals surface area contributed by atoms with Crippen LogP contribution in [0.1, 0.15) is 53.4 Å². The second kappa shape index (κ2) is 11.4. The van der Waals surface area contributed by atoms with Crippen LogP contribution in [0.5, 0.6) is 0 Å². The predicted molar refractivity (Wildman–Crippen MR) is 214 cm³/mol. The van der Waals surface area contributed by atoms with Gasteiger partial charge in [-0.3, -0.25) is 4.57 Å². The smallest absolute Gasteiger partial charge is 0.194 e. The maximum absolute atomic E-state index is 12.5. The van der Waals surface area contributed by atoms with Crippen molar-refractivity contribution in [1.29, 1.82) is 0 Å². The molecule has 0 amide bonds. The summed E-state index contributed by atoms with van der Waals surface area (Å²) in [5, 5.41) is 19.3. The van der Waals surface area contributed by atoms with Crippen molar-refractivity contribution in [2.24, 2.45) is 0 Å². The summed E-state index contributed by atoms with van der Waals surface area (Å²) in [5.41, 5.74) is 10.7. The molecule has 0 saturated heterocycles. The van der Waals surface area contributed by atoms with Crippen molar-refractivity contribution in [2.75, 3.05) is 0 Å². The van der Waals surface area contributed by atoms with Crippen molar-refractivity contribution in [3.63, 3.8) is 0 Å². The SMILES string of the molecule is O/C(=C\C(CCc1ccccc1)n1c2c(c3cc4c5c(oc4cc31)CCC=C5)CCC=C2)n1c2ccccc2c2cc3c(cc21)oc1ccccc13. The van der Waals surface area contributed by atoms with Gasteiger partial charge >= 0.3 is 0 Å². The summed E-state index contributed by atoms with van der Waals surface area (Å²) in [5.74, 6) is 1.28. The highest BCUT2D eigenvalue weighted by atomic mass is 16.3. The van der Waals surface area contributed by atoms with Gasteiger partial charge in [-0.1, -0.05) is 85.0 Å². The van der Waals surface area contributed by atoms with E-state index in [-0.39, 0.29) is 11.9 Å². The molecule has 0 radical (unpaired) electrons. The summed E-state index contributed by atoms with van der Waals surface area (Å²) in [6.45, 7) is 0. The summed E-state index contributed by atoms with van der Waals surface area (Å²) >= 11 is 0. The third-order valence-electron chi connectivity index (χ3n) is 11.4. The molecule has 11 rings (SSSR count). The van der Waals surface area contributed by atoms with Crippen LogP contribution in [-0.2, 0) is 19.3 Å². The minimum atomic E-state index is -0.151. The van der Waals surface area contributed by atoms with E-state index < -0.39 is 0 Å². The number of furan rings is 2. The van der Waals surface area contributed by atoms with Crippen LogP contribution in [0.3, 0.4) is 0 Å². The third-order valence-corrected chi connectivity index (χ3v) is 11.4. The molecule has 5 aromatic carbocycles. The zero-order valence-corrected chi connectivity index (χ0v) is 28.7. The van der Waals surface area contributed by atoms with Crippen molar-refractivity contribution in [3.05, 3.63) is 150 Å². The maximum atomic E-state index is 12.5. The second-order valence-electron chi connectivity index (χ2n) is 14.4. The van der Waals surface area contributed by atoms with Crippen molar-refractivity contribution >= 4 is 83.7 Å². The topological polar surface area (TPSA) is 56.4 Å². The summed E-state index contributed by atoms with van der Waals surface area (Å²) in [4.78, 5) is 0. The molecule has 0 spiro atoms. The second-order valence-corrected chi connectivity index (χ2v) is 14.4. The molecule has 5 heteroatoms. The monoisotopic (exact) mass is 676 g/mol. The van der Waals surface area contributed by atoms with Crippen LogP contribution in [0.25, 0.3) is 83.7 Å². The Kier molecular flexibility index (Phi) is 6.48. The van der Waals surface area contributed by atoms with E-state index in [1.54, 1.807) is 0 Å². The van der Waals surface area contributed by atoms with Gasteiger partial charge in [-0.05, 0) is 79.6 Å². The fourth-order valence-electron chi connectivity index (χ4n) is 8.99. The molecule has 9 aromatic rings. The molecule has 0 saturated carbocycles. The molecular formula is C47H36N2O3. The van der Waals surface area contributed by atoms with E-state index in [0.717, 1.165) is 99.1 Å². The molecule has 252 valence electrons. The lowest BCUT2D eigenvalue weighted by Crippen LogP contribution is -2.12. The Balaban J connectivity index is 1.14. The Morgan fingerprint density at radius 1 is 0.654 bits per heavy atom. The number of benzene rings is 5. The predicted octanol–water partition coefficient (Wildman–Crippen LogP) is 12.5. The highest BCUT2D eigenvalue weighted by Gasteiger charge is 2.26. The average molecular weight is 677 g/mol. The lowest BCUT2D eigenvalue weighted by Gasteiger charge is -2.21. The molecule has 2 aliphatic carbocycles. The summed E-state index contributed by atoms with van der Waals surface area (Å²) < 4.78 is 17.3. The van der Waals surface area contributed by atoms with Gasteiger partial charge in [0.15, 0.2) is 5.88 Å². The van der Waals surface area contributed by atoms with E-state index in [1.165, 1.54) is 33.2 Å². The normalized spacial score (nSPS) is 15.1. The first-order chi connectivity index (χ1) is 25.7. The number of aliphatic hydroxyl groups excluding tert-OH is 1. The molecule has 1 atom stereocenters. The Hall–Kier alpha value is -6.20. The van der Waals surface area contributed by atoms with Gasteiger partial charge in [0, 0.05) is 62.1 Å². The van der Waals surface area contributed by atoms with E-state index >= 15 is 0 Å². The fraction of sp³-hybridized carbons (Fsp3) is 0.149. The molecule has 0 aliphatic heterocycles. The molecule has 1 unspecified atom stereocenters. The summed E-state index contributed by atoms with van der Waals surface area (Å²) in [6, 6.07) is 36.0. The number of fused-ring (bicyclic) bond motifs is 12. The Labute approximate surface area is 300 Å². The first-order valence-corrected chi connectivity index (χ1v) is 18.4.